The summed E-state index contributed by atoms with van der Waals surface area (Å²) >= 11 is 0. The zero-order valence-corrected chi connectivity index (χ0v) is 18.9. The van der Waals surface area contributed by atoms with Gasteiger partial charge in [-0.25, -0.2) is 4.79 Å². The fraction of sp³-hybridized carbons (Fsp3) is 0.423. The summed E-state index contributed by atoms with van der Waals surface area (Å²) in [6, 6.07) is 17.0. The van der Waals surface area contributed by atoms with Gasteiger partial charge in [0.15, 0.2) is 0 Å². The van der Waals surface area contributed by atoms with Gasteiger partial charge in [0.1, 0.15) is 11.4 Å². The van der Waals surface area contributed by atoms with E-state index in [0.29, 0.717) is 5.69 Å². The van der Waals surface area contributed by atoms with Gasteiger partial charge in [-0.05, 0) is 75.4 Å². The molecule has 1 amide bonds. The second-order valence-electron chi connectivity index (χ2n) is 8.96. The van der Waals surface area contributed by atoms with E-state index in [4.69, 9.17) is 9.47 Å². The predicted octanol–water partition coefficient (Wildman–Crippen LogP) is 6.24. The fourth-order valence-corrected chi connectivity index (χ4v) is 3.92. The number of methoxy groups -OCH3 is 1. The Morgan fingerprint density at radius 2 is 1.77 bits per heavy atom. The smallest absolute Gasteiger partial charge is 0.418 e. The normalized spacial score (nSPS) is 19.0. The molecule has 0 radical (unpaired) electrons. The van der Waals surface area contributed by atoms with Gasteiger partial charge >= 0.3 is 6.09 Å². The third-order valence-corrected chi connectivity index (χ3v) is 5.46. The van der Waals surface area contributed by atoms with Crippen LogP contribution in [-0.2, 0) is 4.74 Å². The van der Waals surface area contributed by atoms with Gasteiger partial charge in [-0.1, -0.05) is 36.8 Å². The number of rotatable bonds is 5. The number of hydrogen-bond donors (Lipinski definition) is 1. The van der Waals surface area contributed by atoms with Crippen molar-refractivity contribution in [1.82, 2.24) is 0 Å². The Hall–Kier alpha value is -2.79. The Morgan fingerprint density at radius 1 is 1.10 bits per heavy atom. The van der Waals surface area contributed by atoms with Gasteiger partial charge in [0, 0.05) is 12.1 Å². The average Bonchev–Trinajstić information content (AvgIpc) is 2.77. The zero-order valence-electron chi connectivity index (χ0n) is 18.9. The maximum atomic E-state index is 13.1. The highest BCUT2D eigenvalue weighted by Crippen LogP contribution is 2.39. The van der Waals surface area contributed by atoms with Crippen LogP contribution in [0.3, 0.4) is 0 Å². The van der Waals surface area contributed by atoms with Crippen LogP contribution in [0, 0.1) is 5.92 Å². The number of aliphatic hydroxyl groups excluding tert-OH is 1. The summed E-state index contributed by atoms with van der Waals surface area (Å²) in [6.45, 7) is 5.56. The van der Waals surface area contributed by atoms with E-state index in [-0.39, 0.29) is 5.92 Å². The van der Waals surface area contributed by atoms with Crippen molar-refractivity contribution in [1.29, 1.82) is 0 Å². The lowest BCUT2D eigenvalue weighted by molar-refractivity contribution is 0.0594. The molecule has 5 heteroatoms. The van der Waals surface area contributed by atoms with Gasteiger partial charge in [0.2, 0.25) is 0 Å². The zero-order chi connectivity index (χ0) is 22.4. The van der Waals surface area contributed by atoms with Crippen LogP contribution in [0.2, 0.25) is 0 Å². The molecule has 0 unspecified atom stereocenters. The summed E-state index contributed by atoms with van der Waals surface area (Å²) in [4.78, 5) is 14.7. The summed E-state index contributed by atoms with van der Waals surface area (Å²) in [7, 11) is 1.61. The molecule has 166 valence electrons. The molecule has 5 nitrogen and oxygen atoms in total. The van der Waals surface area contributed by atoms with Crippen LogP contribution in [0.4, 0.5) is 10.5 Å². The molecular formula is C26H33NO4. The molecule has 1 aliphatic rings. The van der Waals surface area contributed by atoms with E-state index in [1.54, 1.807) is 12.0 Å². The Kier molecular flexibility index (Phi) is 7.39. The molecule has 0 saturated heterocycles. The average molecular weight is 424 g/mol. The van der Waals surface area contributed by atoms with Crippen LogP contribution < -0.4 is 9.64 Å². The molecule has 0 bridgehead atoms. The molecule has 1 N–H and O–H groups in total. The van der Waals surface area contributed by atoms with Gasteiger partial charge < -0.3 is 14.6 Å². The molecule has 2 aromatic rings. The van der Waals surface area contributed by atoms with Crippen LogP contribution in [0.5, 0.6) is 5.75 Å². The maximum Gasteiger partial charge on any atom is 0.418 e. The molecular weight excluding hydrogens is 390 g/mol. The number of hydrogen-bond acceptors (Lipinski definition) is 4. The summed E-state index contributed by atoms with van der Waals surface area (Å²) in [5.74, 6) is 0.676. The van der Waals surface area contributed by atoms with E-state index in [1.165, 1.54) is 0 Å². The molecule has 0 aromatic heterocycles. The first kappa shape index (κ1) is 22.9. The lowest BCUT2D eigenvalue weighted by Crippen LogP contribution is -2.34. The summed E-state index contributed by atoms with van der Waals surface area (Å²) in [5.41, 5.74) is 2.04. The van der Waals surface area contributed by atoms with Crippen molar-refractivity contribution in [3.63, 3.8) is 0 Å². The van der Waals surface area contributed by atoms with Gasteiger partial charge in [-0.15, -0.1) is 0 Å². The predicted molar refractivity (Wildman–Crippen MR) is 123 cm³/mol. The minimum atomic E-state index is -0.615. The third kappa shape index (κ3) is 6.11. The Balaban J connectivity index is 1.96. The lowest BCUT2D eigenvalue weighted by Gasteiger charge is -2.32. The fourth-order valence-electron chi connectivity index (χ4n) is 3.92. The van der Waals surface area contributed by atoms with E-state index in [0.717, 1.165) is 42.6 Å². The van der Waals surface area contributed by atoms with Crippen molar-refractivity contribution in [3.05, 3.63) is 71.9 Å². The van der Waals surface area contributed by atoms with E-state index in [9.17, 15) is 9.90 Å². The van der Waals surface area contributed by atoms with Crippen molar-refractivity contribution in [2.45, 2.75) is 58.2 Å². The van der Waals surface area contributed by atoms with Gasteiger partial charge in [0.05, 0.1) is 18.9 Å². The summed E-state index contributed by atoms with van der Waals surface area (Å²) in [6.07, 6.45) is 4.63. The van der Waals surface area contributed by atoms with Crippen LogP contribution in [-0.4, -0.2) is 23.9 Å². The van der Waals surface area contributed by atoms with Crippen molar-refractivity contribution < 1.29 is 19.4 Å². The number of benzene rings is 2. The summed E-state index contributed by atoms with van der Waals surface area (Å²) in [5, 5.41) is 11.1. The highest BCUT2D eigenvalue weighted by atomic mass is 16.6. The monoisotopic (exact) mass is 423 g/mol. The van der Waals surface area contributed by atoms with Gasteiger partial charge in [0.25, 0.3) is 0 Å². The number of carbonyl (C=O) groups excluding carboxylic acids is 1. The first-order valence-corrected chi connectivity index (χ1v) is 10.9. The highest BCUT2D eigenvalue weighted by Gasteiger charge is 2.30. The number of carbonyl (C=O) groups is 1. The number of ether oxygens (including phenoxy) is 2. The highest BCUT2D eigenvalue weighted by molar-refractivity contribution is 5.90. The molecule has 3 rings (SSSR count). The molecule has 0 spiro atoms. The van der Waals surface area contributed by atoms with E-state index in [2.05, 4.69) is 0 Å². The first-order valence-electron chi connectivity index (χ1n) is 10.9. The molecule has 2 aromatic carbocycles. The second kappa shape index (κ2) is 10.0. The minimum absolute atomic E-state index is 0.0423. The van der Waals surface area contributed by atoms with Crippen LogP contribution in [0.15, 0.2) is 66.4 Å². The lowest BCUT2D eigenvalue weighted by atomic mass is 9.79. The van der Waals surface area contributed by atoms with Gasteiger partial charge in [-0.2, -0.15) is 0 Å². The number of nitrogens with zero attached hydrogens (tertiary/aromatic N) is 1. The Morgan fingerprint density at radius 3 is 2.39 bits per heavy atom. The number of anilines is 1. The first-order chi connectivity index (χ1) is 14.8. The minimum Gasteiger partial charge on any atom is -0.497 e. The van der Waals surface area contributed by atoms with Gasteiger partial charge in [-0.3, -0.25) is 4.90 Å². The van der Waals surface area contributed by atoms with Crippen molar-refractivity contribution >= 4 is 11.8 Å². The molecule has 0 aliphatic heterocycles. The Labute approximate surface area is 185 Å². The van der Waals surface area contributed by atoms with Crippen molar-refractivity contribution in [3.8, 4) is 5.75 Å². The van der Waals surface area contributed by atoms with Crippen LogP contribution >= 0.6 is 0 Å². The molecule has 31 heavy (non-hydrogen) atoms. The van der Waals surface area contributed by atoms with E-state index < -0.39 is 17.8 Å². The largest absolute Gasteiger partial charge is 0.497 e. The molecule has 1 aliphatic carbocycles. The molecule has 2 atom stereocenters. The standard InChI is InChI=1S/C26H33NO4/c1-26(2,3)31-25(29)27(21-14-16-22(30-4)17-15-21)18-20-12-8-9-13-23(20)24(28)19-10-6-5-7-11-19/h5-7,10-11,14-18,23-24,28H,8-9,12-13H2,1-4H3/b20-18-/t23-,24-/m0/s1. The molecule has 1 fully saturated rings. The quantitative estimate of drug-likeness (QED) is 0.618. The molecule has 1 saturated carbocycles. The van der Waals surface area contributed by atoms with Crippen LogP contribution in [0.25, 0.3) is 0 Å². The number of aliphatic hydroxyl groups is 1. The topological polar surface area (TPSA) is 59.0 Å². The van der Waals surface area contributed by atoms with E-state index in [1.807, 2.05) is 81.6 Å². The number of amides is 1. The van der Waals surface area contributed by atoms with E-state index >= 15 is 0 Å². The van der Waals surface area contributed by atoms with Crippen molar-refractivity contribution in [2.24, 2.45) is 5.92 Å². The van der Waals surface area contributed by atoms with Crippen LogP contribution in [0.1, 0.15) is 58.1 Å². The Bertz CT molecular complexity index is 884. The third-order valence-electron chi connectivity index (χ3n) is 5.46. The maximum absolute atomic E-state index is 13.1. The SMILES string of the molecule is COc1ccc(N(/C=C2/CCCC[C@@H]2[C@@H](O)c2ccccc2)C(=O)OC(C)(C)C)cc1. The summed E-state index contributed by atoms with van der Waals surface area (Å²) < 4.78 is 10.9. The molecule has 0 heterocycles. The second-order valence-corrected chi connectivity index (χ2v) is 8.96. The van der Waals surface area contributed by atoms with Crippen molar-refractivity contribution in [2.75, 3.05) is 12.0 Å².